The molecular formula is C6H12ClNO2S. The molecule has 11 heavy (non-hydrogen) atoms. The molecule has 0 radical (unpaired) electrons. The van der Waals surface area contributed by atoms with Crippen LogP contribution in [0.4, 0.5) is 0 Å². The molecule has 1 aliphatic rings. The van der Waals surface area contributed by atoms with Crippen molar-refractivity contribution in [2.24, 2.45) is 0 Å². The zero-order chi connectivity index (χ0) is 8.54. The molecule has 0 aromatic rings. The van der Waals surface area contributed by atoms with Crippen molar-refractivity contribution < 1.29 is 8.42 Å². The molecule has 0 amide bonds. The maximum absolute atomic E-state index is 11.1. The van der Waals surface area contributed by atoms with E-state index in [1.54, 1.807) is 0 Å². The summed E-state index contributed by atoms with van der Waals surface area (Å²) in [7, 11) is -3.11. The van der Waals surface area contributed by atoms with Crippen LogP contribution >= 0.6 is 11.6 Å². The summed E-state index contributed by atoms with van der Waals surface area (Å²) in [5.41, 5.74) is -0.162. The van der Waals surface area contributed by atoms with E-state index in [9.17, 15) is 8.42 Å². The number of sulfonamides is 1. The van der Waals surface area contributed by atoms with Gasteiger partial charge in [-0.3, -0.25) is 0 Å². The van der Waals surface area contributed by atoms with Crippen molar-refractivity contribution in [2.45, 2.75) is 25.3 Å². The molecule has 1 rings (SSSR count). The summed E-state index contributed by atoms with van der Waals surface area (Å²) >= 11 is 5.32. The van der Waals surface area contributed by atoms with Crippen molar-refractivity contribution in [3.63, 3.8) is 0 Å². The van der Waals surface area contributed by atoms with E-state index in [4.69, 9.17) is 11.6 Å². The van der Waals surface area contributed by atoms with Crippen molar-refractivity contribution in [3.05, 3.63) is 0 Å². The first-order chi connectivity index (χ1) is 4.97. The maximum atomic E-state index is 11.1. The Hall–Kier alpha value is 0.200. The van der Waals surface area contributed by atoms with E-state index in [0.717, 1.165) is 12.8 Å². The molecule has 0 heterocycles. The standard InChI is InChI=1S/C6H12ClNO2S/c1-6(2-3-6)8-11(9,10)5-4-7/h8H,2-5H2,1H3. The molecule has 0 aromatic heterocycles. The smallest absolute Gasteiger partial charge is 0.212 e. The molecule has 0 unspecified atom stereocenters. The van der Waals surface area contributed by atoms with Gasteiger partial charge in [-0.05, 0) is 19.8 Å². The zero-order valence-electron chi connectivity index (χ0n) is 6.43. The predicted octanol–water partition coefficient (Wildman–Crippen LogP) is 0.697. The monoisotopic (exact) mass is 197 g/mol. The molecule has 3 nitrogen and oxygen atoms in total. The first-order valence-electron chi connectivity index (χ1n) is 3.55. The second-order valence-corrected chi connectivity index (χ2v) is 5.39. The molecule has 1 saturated carbocycles. The van der Waals surface area contributed by atoms with Crippen LogP contribution in [0.15, 0.2) is 0 Å². The van der Waals surface area contributed by atoms with Crippen LogP contribution in [0, 0.1) is 0 Å². The van der Waals surface area contributed by atoms with Crippen LogP contribution in [0.3, 0.4) is 0 Å². The quantitative estimate of drug-likeness (QED) is 0.675. The number of nitrogens with one attached hydrogen (secondary N) is 1. The van der Waals surface area contributed by atoms with Gasteiger partial charge in [0.05, 0.1) is 5.75 Å². The lowest BCUT2D eigenvalue weighted by atomic mass is 10.4. The van der Waals surface area contributed by atoms with Gasteiger partial charge < -0.3 is 0 Å². The molecule has 0 saturated heterocycles. The second-order valence-electron chi connectivity index (χ2n) is 3.17. The highest BCUT2D eigenvalue weighted by Crippen LogP contribution is 2.34. The van der Waals surface area contributed by atoms with Crippen molar-refractivity contribution in [2.75, 3.05) is 11.6 Å². The summed E-state index contributed by atoms with van der Waals surface area (Å²) in [5.74, 6) is 0.176. The first kappa shape index (κ1) is 9.29. The lowest BCUT2D eigenvalue weighted by Gasteiger charge is -2.10. The average molecular weight is 198 g/mol. The Morgan fingerprint density at radius 2 is 2.09 bits per heavy atom. The van der Waals surface area contributed by atoms with Gasteiger partial charge >= 0.3 is 0 Å². The summed E-state index contributed by atoms with van der Waals surface area (Å²) < 4.78 is 24.8. The summed E-state index contributed by atoms with van der Waals surface area (Å²) in [6, 6.07) is 0. The SMILES string of the molecule is CC1(NS(=O)(=O)CCCl)CC1. The first-order valence-corrected chi connectivity index (χ1v) is 5.74. The fraction of sp³-hybridized carbons (Fsp3) is 1.00. The van der Waals surface area contributed by atoms with E-state index >= 15 is 0 Å². The Morgan fingerprint density at radius 1 is 1.55 bits per heavy atom. The molecule has 66 valence electrons. The van der Waals surface area contributed by atoms with E-state index in [1.165, 1.54) is 0 Å². The average Bonchev–Trinajstić information content (AvgIpc) is 2.45. The molecule has 1 N–H and O–H groups in total. The van der Waals surface area contributed by atoms with Gasteiger partial charge in [-0.2, -0.15) is 0 Å². The van der Waals surface area contributed by atoms with Crippen molar-refractivity contribution >= 4 is 21.6 Å². The third-order valence-corrected chi connectivity index (χ3v) is 3.71. The second kappa shape index (κ2) is 2.92. The van der Waals surface area contributed by atoms with Gasteiger partial charge in [0.2, 0.25) is 10.0 Å². The summed E-state index contributed by atoms with van der Waals surface area (Å²) in [4.78, 5) is 0. The Labute approximate surface area is 72.2 Å². The van der Waals surface area contributed by atoms with Gasteiger partial charge in [-0.15, -0.1) is 11.6 Å². The highest BCUT2D eigenvalue weighted by Gasteiger charge is 2.40. The molecule has 0 bridgehead atoms. The van der Waals surface area contributed by atoms with Crippen LogP contribution < -0.4 is 4.72 Å². The van der Waals surface area contributed by atoms with Crippen LogP contribution in [0.25, 0.3) is 0 Å². The van der Waals surface area contributed by atoms with Gasteiger partial charge in [0.25, 0.3) is 0 Å². The van der Waals surface area contributed by atoms with Gasteiger partial charge in [0, 0.05) is 11.4 Å². The lowest BCUT2D eigenvalue weighted by Crippen LogP contribution is -2.36. The predicted molar refractivity (Wildman–Crippen MR) is 45.3 cm³/mol. The summed E-state index contributed by atoms with van der Waals surface area (Å²) in [6.07, 6.45) is 1.88. The van der Waals surface area contributed by atoms with Gasteiger partial charge in [0.1, 0.15) is 0 Å². The highest BCUT2D eigenvalue weighted by atomic mass is 35.5. The van der Waals surface area contributed by atoms with Crippen LogP contribution in [0.5, 0.6) is 0 Å². The van der Waals surface area contributed by atoms with E-state index in [0.29, 0.717) is 0 Å². The number of halogens is 1. The van der Waals surface area contributed by atoms with Gasteiger partial charge in [-0.25, -0.2) is 13.1 Å². The zero-order valence-corrected chi connectivity index (χ0v) is 8.00. The van der Waals surface area contributed by atoms with Gasteiger partial charge in [-0.1, -0.05) is 0 Å². The normalized spacial score (nSPS) is 21.6. The van der Waals surface area contributed by atoms with Crippen molar-refractivity contribution in [3.8, 4) is 0 Å². The highest BCUT2D eigenvalue weighted by molar-refractivity contribution is 7.89. The minimum Gasteiger partial charge on any atom is -0.212 e. The molecule has 0 atom stereocenters. The molecule has 1 fully saturated rings. The van der Waals surface area contributed by atoms with Crippen LogP contribution in [0.1, 0.15) is 19.8 Å². The van der Waals surface area contributed by atoms with E-state index in [-0.39, 0.29) is 17.2 Å². The Bertz CT molecular complexity index is 233. The third-order valence-electron chi connectivity index (χ3n) is 1.75. The number of hydrogen-bond acceptors (Lipinski definition) is 2. The fourth-order valence-electron chi connectivity index (χ4n) is 0.818. The van der Waals surface area contributed by atoms with Crippen LogP contribution in [-0.4, -0.2) is 25.6 Å². The van der Waals surface area contributed by atoms with Crippen LogP contribution in [0.2, 0.25) is 0 Å². The Kier molecular flexibility index (Phi) is 2.46. The Balaban J connectivity index is 2.47. The van der Waals surface area contributed by atoms with Crippen molar-refractivity contribution in [1.29, 1.82) is 0 Å². The maximum Gasteiger partial charge on any atom is 0.213 e. The number of hydrogen-bond donors (Lipinski definition) is 1. The summed E-state index contributed by atoms with van der Waals surface area (Å²) in [5, 5.41) is 0. The lowest BCUT2D eigenvalue weighted by molar-refractivity contribution is 0.559. The molecule has 0 aromatic carbocycles. The molecule has 0 aliphatic heterocycles. The minimum absolute atomic E-state index is 0.0180. The third kappa shape index (κ3) is 2.97. The van der Waals surface area contributed by atoms with Gasteiger partial charge in [0.15, 0.2) is 0 Å². The largest absolute Gasteiger partial charge is 0.213 e. The molecule has 5 heteroatoms. The van der Waals surface area contributed by atoms with E-state index in [2.05, 4.69) is 4.72 Å². The number of alkyl halides is 1. The molecule has 0 spiro atoms. The molecular weight excluding hydrogens is 186 g/mol. The van der Waals surface area contributed by atoms with E-state index in [1.807, 2.05) is 6.92 Å². The summed E-state index contributed by atoms with van der Waals surface area (Å²) in [6.45, 7) is 1.90. The topological polar surface area (TPSA) is 46.2 Å². The van der Waals surface area contributed by atoms with Crippen molar-refractivity contribution in [1.82, 2.24) is 4.72 Å². The molecule has 1 aliphatic carbocycles. The number of rotatable bonds is 4. The Morgan fingerprint density at radius 3 is 2.45 bits per heavy atom. The van der Waals surface area contributed by atoms with E-state index < -0.39 is 10.0 Å². The van der Waals surface area contributed by atoms with Crippen LogP contribution in [-0.2, 0) is 10.0 Å². The minimum atomic E-state index is -3.11. The fourth-order valence-corrected chi connectivity index (χ4v) is 2.69.